The SMILES string of the molecule is Cn1cc(O)nc1-c1ncccc1Br. The number of nitrogens with zero attached hydrogens (tertiary/aromatic N) is 3. The Morgan fingerprint density at radius 1 is 1.50 bits per heavy atom. The molecule has 72 valence electrons. The van der Waals surface area contributed by atoms with Gasteiger partial charge in [0.05, 0.1) is 6.20 Å². The number of imidazole rings is 1. The Balaban J connectivity index is 2.60. The maximum atomic E-state index is 9.21. The van der Waals surface area contributed by atoms with Gasteiger partial charge in [-0.05, 0) is 28.1 Å². The number of halogens is 1. The number of hydrogen-bond donors (Lipinski definition) is 1. The Kier molecular flexibility index (Phi) is 2.25. The zero-order chi connectivity index (χ0) is 10.1. The number of aryl methyl sites for hydroxylation is 1. The summed E-state index contributed by atoms with van der Waals surface area (Å²) >= 11 is 3.38. The third kappa shape index (κ3) is 1.50. The summed E-state index contributed by atoms with van der Waals surface area (Å²) in [5.74, 6) is 0.634. The minimum Gasteiger partial charge on any atom is -0.492 e. The first-order valence-electron chi connectivity index (χ1n) is 4.01. The van der Waals surface area contributed by atoms with E-state index in [9.17, 15) is 5.11 Å². The maximum absolute atomic E-state index is 9.21. The van der Waals surface area contributed by atoms with Crippen LogP contribution in [-0.2, 0) is 7.05 Å². The molecule has 14 heavy (non-hydrogen) atoms. The fraction of sp³-hybridized carbons (Fsp3) is 0.111. The Bertz CT molecular complexity index is 467. The van der Waals surface area contributed by atoms with Gasteiger partial charge in [-0.1, -0.05) is 0 Å². The van der Waals surface area contributed by atoms with Crippen molar-refractivity contribution in [2.24, 2.45) is 7.05 Å². The Labute approximate surface area is 89.4 Å². The molecule has 1 N–H and O–H groups in total. The minimum absolute atomic E-state index is 0.0000491. The second-order valence-corrected chi connectivity index (χ2v) is 3.72. The van der Waals surface area contributed by atoms with E-state index in [1.165, 1.54) is 6.20 Å². The molecule has 0 aromatic carbocycles. The van der Waals surface area contributed by atoms with Crippen LogP contribution in [0.15, 0.2) is 29.0 Å². The molecule has 0 saturated carbocycles. The van der Waals surface area contributed by atoms with E-state index in [1.54, 1.807) is 10.8 Å². The standard InChI is InChI=1S/C9H8BrN3O/c1-13-5-7(14)12-9(13)8-6(10)3-2-4-11-8/h2-5,14H,1H3. The highest BCUT2D eigenvalue weighted by Crippen LogP contribution is 2.25. The quantitative estimate of drug-likeness (QED) is 0.846. The fourth-order valence-electron chi connectivity index (χ4n) is 1.22. The molecule has 0 aliphatic carbocycles. The summed E-state index contributed by atoms with van der Waals surface area (Å²) in [6.07, 6.45) is 3.22. The average Bonchev–Trinajstić information content (AvgIpc) is 2.46. The van der Waals surface area contributed by atoms with Crippen LogP contribution in [0, 0.1) is 0 Å². The van der Waals surface area contributed by atoms with Gasteiger partial charge in [-0.15, -0.1) is 0 Å². The van der Waals surface area contributed by atoms with Crippen LogP contribution >= 0.6 is 15.9 Å². The van der Waals surface area contributed by atoms with E-state index in [-0.39, 0.29) is 5.88 Å². The lowest BCUT2D eigenvalue weighted by Crippen LogP contribution is -1.94. The smallest absolute Gasteiger partial charge is 0.229 e. The molecular formula is C9H8BrN3O. The number of aromatic nitrogens is 3. The molecule has 2 aromatic heterocycles. The van der Waals surface area contributed by atoms with Crippen molar-refractivity contribution in [3.8, 4) is 17.4 Å². The van der Waals surface area contributed by atoms with Gasteiger partial charge in [0.15, 0.2) is 5.82 Å². The zero-order valence-electron chi connectivity index (χ0n) is 7.48. The molecule has 0 atom stereocenters. The van der Waals surface area contributed by atoms with E-state index in [2.05, 4.69) is 25.9 Å². The largest absolute Gasteiger partial charge is 0.492 e. The summed E-state index contributed by atoms with van der Waals surface area (Å²) < 4.78 is 2.58. The van der Waals surface area contributed by atoms with Gasteiger partial charge < -0.3 is 9.67 Å². The van der Waals surface area contributed by atoms with Gasteiger partial charge in [0.25, 0.3) is 0 Å². The lowest BCUT2D eigenvalue weighted by atomic mass is 10.3. The third-order valence-corrected chi connectivity index (χ3v) is 2.47. The van der Waals surface area contributed by atoms with E-state index < -0.39 is 0 Å². The van der Waals surface area contributed by atoms with Crippen molar-refractivity contribution < 1.29 is 5.11 Å². The van der Waals surface area contributed by atoms with Crippen LogP contribution in [0.3, 0.4) is 0 Å². The molecule has 2 rings (SSSR count). The van der Waals surface area contributed by atoms with Gasteiger partial charge in [0, 0.05) is 17.7 Å². The predicted molar refractivity (Wildman–Crippen MR) is 55.8 cm³/mol. The Hall–Kier alpha value is -1.36. The first kappa shape index (κ1) is 9.21. The number of hydrogen-bond acceptors (Lipinski definition) is 3. The van der Waals surface area contributed by atoms with E-state index in [0.29, 0.717) is 5.82 Å². The first-order chi connectivity index (χ1) is 6.68. The molecule has 5 heteroatoms. The van der Waals surface area contributed by atoms with E-state index in [0.717, 1.165) is 10.2 Å². The summed E-state index contributed by atoms with van der Waals surface area (Å²) in [7, 11) is 1.81. The summed E-state index contributed by atoms with van der Waals surface area (Å²) in [5, 5.41) is 9.21. The van der Waals surface area contributed by atoms with E-state index in [4.69, 9.17) is 0 Å². The summed E-state index contributed by atoms with van der Waals surface area (Å²) in [4.78, 5) is 8.15. The molecule has 4 nitrogen and oxygen atoms in total. The molecule has 2 heterocycles. The van der Waals surface area contributed by atoms with Gasteiger partial charge in [0.1, 0.15) is 5.69 Å². The third-order valence-electron chi connectivity index (χ3n) is 1.83. The summed E-state index contributed by atoms with van der Waals surface area (Å²) in [6.45, 7) is 0. The van der Waals surface area contributed by atoms with Crippen LogP contribution in [0.25, 0.3) is 11.5 Å². The van der Waals surface area contributed by atoms with Crippen LogP contribution in [-0.4, -0.2) is 19.6 Å². The van der Waals surface area contributed by atoms with Crippen LogP contribution in [0.4, 0.5) is 0 Å². The Morgan fingerprint density at radius 2 is 2.29 bits per heavy atom. The van der Waals surface area contributed by atoms with Crippen molar-refractivity contribution in [2.45, 2.75) is 0 Å². The molecular weight excluding hydrogens is 246 g/mol. The normalized spacial score (nSPS) is 10.4. The second-order valence-electron chi connectivity index (χ2n) is 2.87. The van der Waals surface area contributed by atoms with Crippen LogP contribution < -0.4 is 0 Å². The second kappa shape index (κ2) is 3.42. The molecule has 0 unspecified atom stereocenters. The van der Waals surface area contributed by atoms with Crippen molar-refractivity contribution >= 4 is 15.9 Å². The molecule has 0 spiro atoms. The molecule has 0 aliphatic heterocycles. The highest BCUT2D eigenvalue weighted by molar-refractivity contribution is 9.10. The van der Waals surface area contributed by atoms with Crippen LogP contribution in [0.1, 0.15) is 0 Å². The van der Waals surface area contributed by atoms with Gasteiger partial charge in [-0.2, -0.15) is 4.98 Å². The van der Waals surface area contributed by atoms with Crippen molar-refractivity contribution in [1.29, 1.82) is 0 Å². The van der Waals surface area contributed by atoms with Gasteiger partial charge in [-0.25, -0.2) is 0 Å². The fourth-order valence-corrected chi connectivity index (χ4v) is 1.65. The summed E-state index contributed by atoms with van der Waals surface area (Å²) in [5.41, 5.74) is 0.718. The van der Waals surface area contributed by atoms with Gasteiger partial charge in [0.2, 0.25) is 5.88 Å². The Morgan fingerprint density at radius 3 is 2.86 bits per heavy atom. The van der Waals surface area contributed by atoms with Crippen molar-refractivity contribution in [2.75, 3.05) is 0 Å². The molecule has 2 aromatic rings. The highest BCUT2D eigenvalue weighted by atomic mass is 79.9. The van der Waals surface area contributed by atoms with Crippen molar-refractivity contribution in [3.05, 3.63) is 29.0 Å². The summed E-state index contributed by atoms with van der Waals surface area (Å²) in [6, 6.07) is 3.71. The van der Waals surface area contributed by atoms with E-state index in [1.807, 2.05) is 19.2 Å². The van der Waals surface area contributed by atoms with Crippen LogP contribution in [0.5, 0.6) is 5.88 Å². The average molecular weight is 254 g/mol. The molecule has 0 radical (unpaired) electrons. The molecule has 0 bridgehead atoms. The number of aromatic hydroxyl groups is 1. The molecule has 0 saturated heterocycles. The van der Waals surface area contributed by atoms with Gasteiger partial charge >= 0.3 is 0 Å². The first-order valence-corrected chi connectivity index (χ1v) is 4.81. The molecule has 0 aliphatic rings. The lowest BCUT2D eigenvalue weighted by Gasteiger charge is -2.01. The van der Waals surface area contributed by atoms with Crippen molar-refractivity contribution in [1.82, 2.24) is 14.5 Å². The molecule has 0 fully saturated rings. The lowest BCUT2D eigenvalue weighted by molar-refractivity contribution is 0.456. The number of rotatable bonds is 1. The zero-order valence-corrected chi connectivity index (χ0v) is 9.06. The van der Waals surface area contributed by atoms with Gasteiger partial charge in [-0.3, -0.25) is 4.98 Å². The topological polar surface area (TPSA) is 50.9 Å². The highest BCUT2D eigenvalue weighted by Gasteiger charge is 2.10. The van der Waals surface area contributed by atoms with E-state index >= 15 is 0 Å². The maximum Gasteiger partial charge on any atom is 0.229 e. The number of pyridine rings is 1. The van der Waals surface area contributed by atoms with Crippen LogP contribution in [0.2, 0.25) is 0 Å². The monoisotopic (exact) mass is 253 g/mol. The molecule has 0 amide bonds. The van der Waals surface area contributed by atoms with Crippen molar-refractivity contribution in [3.63, 3.8) is 0 Å². The minimum atomic E-state index is 0.0000491. The predicted octanol–water partition coefficient (Wildman–Crippen LogP) is 1.95.